The molecule has 0 saturated heterocycles. The van der Waals surface area contributed by atoms with Gasteiger partial charge in [0.1, 0.15) is 0 Å². The highest BCUT2D eigenvalue weighted by molar-refractivity contribution is 5.93. The topological polar surface area (TPSA) is 57.5 Å². The van der Waals surface area contributed by atoms with Crippen LogP contribution in [0, 0.1) is 0 Å². The van der Waals surface area contributed by atoms with Crippen LogP contribution in [0.4, 0.5) is 13.2 Å². The molecule has 1 atom stereocenters. The van der Waals surface area contributed by atoms with Gasteiger partial charge in [0.2, 0.25) is 0 Å². The average Bonchev–Trinajstić information content (AvgIpc) is 2.74. The Morgan fingerprint density at radius 1 is 0.879 bits per heavy atom. The minimum atomic E-state index is -4.82. The van der Waals surface area contributed by atoms with Crippen molar-refractivity contribution in [2.75, 3.05) is 0 Å². The van der Waals surface area contributed by atoms with E-state index in [1.54, 1.807) is 12.1 Å². The summed E-state index contributed by atoms with van der Waals surface area (Å²) in [5, 5.41) is 20.4. The number of alkyl halides is 3. The SMILES string of the molecule is CC1(C)CCC(C)(C)c2cc3c(C(O)C(F)(F)F)cc(-c4ccc(C(=O)O)cc4)cc3cc21. The van der Waals surface area contributed by atoms with E-state index in [-0.39, 0.29) is 22.0 Å². The number of rotatable bonds is 3. The first-order chi connectivity index (χ1) is 15.2. The van der Waals surface area contributed by atoms with Crippen molar-refractivity contribution in [3.8, 4) is 11.1 Å². The zero-order valence-electron chi connectivity index (χ0n) is 19.0. The summed E-state index contributed by atoms with van der Waals surface area (Å²) in [6, 6.07) is 12.9. The van der Waals surface area contributed by atoms with Gasteiger partial charge < -0.3 is 10.2 Å². The molecule has 0 fully saturated rings. The number of fused-ring (bicyclic) bond motifs is 2. The molecule has 33 heavy (non-hydrogen) atoms. The van der Waals surface area contributed by atoms with Crippen LogP contribution in [0.3, 0.4) is 0 Å². The molecule has 0 radical (unpaired) electrons. The van der Waals surface area contributed by atoms with Gasteiger partial charge in [0.25, 0.3) is 0 Å². The quantitative estimate of drug-likeness (QED) is 0.440. The Hall–Kier alpha value is -2.86. The molecule has 6 heteroatoms. The third-order valence-electron chi connectivity index (χ3n) is 7.03. The van der Waals surface area contributed by atoms with E-state index in [9.17, 15) is 23.1 Å². The van der Waals surface area contributed by atoms with Gasteiger partial charge in [0.05, 0.1) is 5.56 Å². The highest BCUT2D eigenvalue weighted by Gasteiger charge is 2.42. The van der Waals surface area contributed by atoms with Crippen molar-refractivity contribution >= 4 is 16.7 Å². The summed E-state index contributed by atoms with van der Waals surface area (Å²) in [7, 11) is 0. The second-order valence-electron chi connectivity index (χ2n) is 10.3. The van der Waals surface area contributed by atoms with Crippen LogP contribution >= 0.6 is 0 Å². The summed E-state index contributed by atoms with van der Waals surface area (Å²) >= 11 is 0. The van der Waals surface area contributed by atoms with Gasteiger partial charge in [-0.15, -0.1) is 0 Å². The Morgan fingerprint density at radius 2 is 1.42 bits per heavy atom. The van der Waals surface area contributed by atoms with Gasteiger partial charge in [0.15, 0.2) is 6.10 Å². The maximum absolute atomic E-state index is 13.6. The smallest absolute Gasteiger partial charge is 0.418 e. The monoisotopic (exact) mass is 456 g/mol. The van der Waals surface area contributed by atoms with Crippen molar-refractivity contribution in [2.45, 2.75) is 63.6 Å². The van der Waals surface area contributed by atoms with Crippen molar-refractivity contribution in [1.82, 2.24) is 0 Å². The zero-order valence-corrected chi connectivity index (χ0v) is 19.0. The Kier molecular flexibility index (Phi) is 5.36. The van der Waals surface area contributed by atoms with Gasteiger partial charge in [-0.1, -0.05) is 45.9 Å². The molecule has 0 amide bonds. The normalized spacial score (nSPS) is 18.1. The number of benzene rings is 3. The fraction of sp³-hybridized carbons (Fsp3) is 0.370. The molecule has 0 aromatic heterocycles. The van der Waals surface area contributed by atoms with Crippen molar-refractivity contribution in [1.29, 1.82) is 0 Å². The van der Waals surface area contributed by atoms with E-state index in [2.05, 4.69) is 27.7 Å². The number of aliphatic hydroxyl groups is 1. The molecule has 0 spiro atoms. The van der Waals surface area contributed by atoms with E-state index < -0.39 is 18.2 Å². The maximum Gasteiger partial charge on any atom is 0.418 e. The number of halogens is 3. The molecule has 2 N–H and O–H groups in total. The average molecular weight is 457 g/mol. The van der Waals surface area contributed by atoms with Crippen LogP contribution in [0.5, 0.6) is 0 Å². The van der Waals surface area contributed by atoms with Gasteiger partial charge in [-0.3, -0.25) is 0 Å². The molecule has 3 aromatic rings. The summed E-state index contributed by atoms with van der Waals surface area (Å²) in [5.41, 5.74) is 2.77. The molecular formula is C27H27F3O3. The predicted octanol–water partition coefficient (Wildman–Crippen LogP) is 7.15. The van der Waals surface area contributed by atoms with Crippen molar-refractivity contribution < 1.29 is 28.2 Å². The molecule has 0 aliphatic heterocycles. The highest BCUT2D eigenvalue weighted by Crippen LogP contribution is 2.48. The van der Waals surface area contributed by atoms with Crippen LogP contribution in [0.15, 0.2) is 48.5 Å². The summed E-state index contributed by atoms with van der Waals surface area (Å²) in [6.45, 7) is 8.50. The molecule has 0 heterocycles. The molecular weight excluding hydrogens is 429 g/mol. The fourth-order valence-corrected chi connectivity index (χ4v) is 4.83. The Bertz CT molecular complexity index is 1240. The Morgan fingerprint density at radius 3 is 1.94 bits per heavy atom. The van der Waals surface area contributed by atoms with E-state index in [0.717, 1.165) is 24.0 Å². The third-order valence-corrected chi connectivity index (χ3v) is 7.03. The van der Waals surface area contributed by atoms with Gasteiger partial charge in [-0.25, -0.2) is 4.79 Å². The number of aliphatic hydroxyl groups excluding tert-OH is 1. The number of hydrogen-bond donors (Lipinski definition) is 2. The first-order valence-electron chi connectivity index (χ1n) is 10.9. The molecule has 3 nitrogen and oxygen atoms in total. The molecule has 1 aliphatic carbocycles. The largest absolute Gasteiger partial charge is 0.478 e. The minimum Gasteiger partial charge on any atom is -0.478 e. The predicted molar refractivity (Wildman–Crippen MR) is 123 cm³/mol. The first kappa shape index (κ1) is 23.3. The van der Waals surface area contributed by atoms with Crippen LogP contribution in [-0.2, 0) is 10.8 Å². The minimum absolute atomic E-state index is 0.0909. The first-order valence-corrected chi connectivity index (χ1v) is 10.9. The number of carbonyl (C=O) groups is 1. The molecule has 1 aliphatic rings. The van der Waals surface area contributed by atoms with Crippen LogP contribution in [-0.4, -0.2) is 22.4 Å². The highest BCUT2D eigenvalue weighted by atomic mass is 19.4. The van der Waals surface area contributed by atoms with E-state index in [4.69, 9.17) is 5.11 Å². The van der Waals surface area contributed by atoms with Crippen LogP contribution in [0.1, 0.15) is 73.7 Å². The lowest BCUT2D eigenvalue weighted by atomic mass is 9.62. The number of carboxylic acid groups (broad SMARTS) is 1. The van der Waals surface area contributed by atoms with E-state index >= 15 is 0 Å². The summed E-state index contributed by atoms with van der Waals surface area (Å²) in [4.78, 5) is 11.2. The lowest BCUT2D eigenvalue weighted by molar-refractivity contribution is -0.206. The van der Waals surface area contributed by atoms with Gasteiger partial charge in [-0.05, 0) is 92.6 Å². The van der Waals surface area contributed by atoms with Gasteiger partial charge in [-0.2, -0.15) is 13.2 Å². The summed E-state index contributed by atoms with van der Waals surface area (Å²) < 4.78 is 40.9. The van der Waals surface area contributed by atoms with Crippen LogP contribution < -0.4 is 0 Å². The second-order valence-corrected chi connectivity index (χ2v) is 10.3. The van der Waals surface area contributed by atoms with Crippen molar-refractivity contribution in [3.63, 3.8) is 0 Å². The number of aromatic carboxylic acids is 1. The molecule has 3 aromatic carbocycles. The molecule has 1 unspecified atom stereocenters. The molecule has 174 valence electrons. The second kappa shape index (κ2) is 7.59. The number of hydrogen-bond acceptors (Lipinski definition) is 2. The number of carboxylic acids is 1. The molecule has 4 rings (SSSR count). The van der Waals surface area contributed by atoms with E-state index in [1.165, 1.54) is 18.2 Å². The molecule has 0 bridgehead atoms. The lowest BCUT2D eigenvalue weighted by Crippen LogP contribution is -2.33. The standard InChI is InChI=1S/C27H27F3O3/c1-25(2)9-10-26(3,4)22-14-19-18(13-21(22)25)11-17(12-20(19)23(31)27(28,29)30)15-5-7-16(8-6-15)24(32)33/h5-8,11-14,23,31H,9-10H2,1-4H3,(H,32,33). The maximum atomic E-state index is 13.6. The third kappa shape index (κ3) is 4.12. The summed E-state index contributed by atoms with van der Waals surface area (Å²) in [6.07, 6.45) is -5.56. The van der Waals surface area contributed by atoms with Crippen molar-refractivity contribution in [3.05, 3.63) is 70.8 Å². The summed E-state index contributed by atoms with van der Waals surface area (Å²) in [5.74, 6) is -1.08. The fourth-order valence-electron chi connectivity index (χ4n) is 4.83. The van der Waals surface area contributed by atoms with Crippen LogP contribution in [0.2, 0.25) is 0 Å². The van der Waals surface area contributed by atoms with Gasteiger partial charge >= 0.3 is 12.1 Å². The van der Waals surface area contributed by atoms with Gasteiger partial charge in [0, 0.05) is 0 Å². The Balaban J connectivity index is 2.01. The van der Waals surface area contributed by atoms with E-state index in [0.29, 0.717) is 21.9 Å². The zero-order chi connectivity index (χ0) is 24.3. The Labute approximate surface area is 190 Å². The van der Waals surface area contributed by atoms with E-state index in [1.807, 2.05) is 18.2 Å². The van der Waals surface area contributed by atoms with Crippen molar-refractivity contribution in [2.24, 2.45) is 0 Å². The lowest BCUT2D eigenvalue weighted by Gasteiger charge is -2.42. The van der Waals surface area contributed by atoms with Crippen LogP contribution in [0.25, 0.3) is 21.9 Å². The molecule has 0 saturated carbocycles.